The lowest BCUT2D eigenvalue weighted by atomic mass is 10.1. The molecular weight excluding hydrogens is 293 g/mol. The van der Waals surface area contributed by atoms with E-state index in [4.69, 9.17) is 4.74 Å². The topological polar surface area (TPSA) is 29.5 Å². The quantitative estimate of drug-likeness (QED) is 0.896. The Morgan fingerprint density at radius 1 is 1.09 bits per heavy atom. The molecule has 0 aliphatic rings. The molecule has 1 atom stereocenters. The Kier molecular flexibility index (Phi) is 5.08. The fraction of sp³-hybridized carbons (Fsp3) is 0.294. The van der Waals surface area contributed by atoms with Crippen LogP contribution >= 0.6 is 0 Å². The zero-order valence-electron chi connectivity index (χ0n) is 12.1. The molecule has 2 aromatic carbocycles. The molecule has 118 valence electrons. The first-order valence-corrected chi connectivity index (χ1v) is 6.90. The summed E-state index contributed by atoms with van der Waals surface area (Å²) in [6.45, 7) is 2.21. The van der Waals surface area contributed by atoms with Crippen LogP contribution in [0.1, 0.15) is 22.8 Å². The van der Waals surface area contributed by atoms with E-state index in [1.165, 1.54) is 18.2 Å². The highest BCUT2D eigenvalue weighted by molar-refractivity contribution is 5.36. The molecule has 2 nitrogen and oxygen atoms in total. The van der Waals surface area contributed by atoms with Crippen molar-refractivity contribution in [3.8, 4) is 5.75 Å². The van der Waals surface area contributed by atoms with E-state index in [2.05, 4.69) is 0 Å². The SMILES string of the molecule is Cc1cccc(CCOc2ccccc2C(O)C(F)(F)F)c1. The van der Waals surface area contributed by atoms with Crippen LogP contribution < -0.4 is 4.74 Å². The van der Waals surface area contributed by atoms with Crippen LogP contribution in [-0.4, -0.2) is 17.9 Å². The zero-order chi connectivity index (χ0) is 16.2. The summed E-state index contributed by atoms with van der Waals surface area (Å²) in [5.41, 5.74) is 1.90. The molecule has 5 heteroatoms. The second kappa shape index (κ2) is 6.83. The van der Waals surface area contributed by atoms with E-state index >= 15 is 0 Å². The third-order valence-electron chi connectivity index (χ3n) is 3.25. The maximum absolute atomic E-state index is 12.6. The van der Waals surface area contributed by atoms with Gasteiger partial charge in [0.15, 0.2) is 6.10 Å². The molecule has 0 aliphatic heterocycles. The van der Waals surface area contributed by atoms with Crippen LogP contribution in [0.25, 0.3) is 0 Å². The molecule has 1 unspecified atom stereocenters. The first kappa shape index (κ1) is 16.4. The van der Waals surface area contributed by atoms with Crippen molar-refractivity contribution in [2.45, 2.75) is 25.6 Å². The number of para-hydroxylation sites is 1. The van der Waals surface area contributed by atoms with Crippen LogP contribution in [0.4, 0.5) is 13.2 Å². The third kappa shape index (κ3) is 4.24. The molecule has 1 N–H and O–H groups in total. The lowest BCUT2D eigenvalue weighted by Gasteiger charge is -2.18. The second-order valence-electron chi connectivity index (χ2n) is 5.07. The van der Waals surface area contributed by atoms with E-state index in [-0.39, 0.29) is 17.9 Å². The van der Waals surface area contributed by atoms with E-state index in [0.29, 0.717) is 6.42 Å². The molecule has 0 radical (unpaired) electrons. The summed E-state index contributed by atoms with van der Waals surface area (Å²) < 4.78 is 43.4. The molecule has 0 saturated carbocycles. The second-order valence-corrected chi connectivity index (χ2v) is 5.07. The van der Waals surface area contributed by atoms with Gasteiger partial charge in [0.25, 0.3) is 0 Å². The van der Waals surface area contributed by atoms with Gasteiger partial charge in [-0.2, -0.15) is 13.2 Å². The Morgan fingerprint density at radius 2 is 1.82 bits per heavy atom. The normalized spacial score (nSPS) is 13.0. The van der Waals surface area contributed by atoms with Crippen molar-refractivity contribution >= 4 is 0 Å². The molecule has 0 amide bonds. The van der Waals surface area contributed by atoms with E-state index in [0.717, 1.165) is 11.1 Å². The zero-order valence-corrected chi connectivity index (χ0v) is 12.1. The molecule has 0 fully saturated rings. The minimum absolute atomic E-state index is 0.0555. The van der Waals surface area contributed by atoms with Crippen molar-refractivity contribution in [1.29, 1.82) is 0 Å². The average Bonchev–Trinajstić information content (AvgIpc) is 2.46. The summed E-state index contributed by atoms with van der Waals surface area (Å²) in [4.78, 5) is 0. The standard InChI is InChI=1S/C17H17F3O2/c1-12-5-4-6-13(11-12)9-10-22-15-8-3-2-7-14(15)16(21)17(18,19)20/h2-8,11,16,21H,9-10H2,1H3. The first-order valence-electron chi connectivity index (χ1n) is 6.90. The predicted molar refractivity (Wildman–Crippen MR) is 77.8 cm³/mol. The number of benzene rings is 2. The van der Waals surface area contributed by atoms with Crippen molar-refractivity contribution < 1.29 is 23.0 Å². The lowest BCUT2D eigenvalue weighted by molar-refractivity contribution is -0.207. The number of rotatable bonds is 5. The van der Waals surface area contributed by atoms with Gasteiger partial charge in [-0.05, 0) is 18.6 Å². The summed E-state index contributed by atoms with van der Waals surface area (Å²) in [6, 6.07) is 13.5. The van der Waals surface area contributed by atoms with E-state index in [1.54, 1.807) is 6.07 Å². The van der Waals surface area contributed by atoms with Gasteiger partial charge in [-0.15, -0.1) is 0 Å². The highest BCUT2D eigenvalue weighted by atomic mass is 19.4. The minimum Gasteiger partial charge on any atom is -0.493 e. The molecule has 0 aliphatic carbocycles. The highest BCUT2D eigenvalue weighted by Gasteiger charge is 2.40. The van der Waals surface area contributed by atoms with Gasteiger partial charge in [0.05, 0.1) is 6.61 Å². The summed E-state index contributed by atoms with van der Waals surface area (Å²) in [7, 11) is 0. The van der Waals surface area contributed by atoms with Crippen molar-refractivity contribution in [2.75, 3.05) is 6.61 Å². The lowest BCUT2D eigenvalue weighted by Crippen LogP contribution is -2.21. The minimum atomic E-state index is -4.71. The van der Waals surface area contributed by atoms with Gasteiger partial charge in [-0.25, -0.2) is 0 Å². The maximum atomic E-state index is 12.6. The molecule has 2 aromatic rings. The largest absolute Gasteiger partial charge is 0.493 e. The molecular formula is C17H17F3O2. The average molecular weight is 310 g/mol. The Balaban J connectivity index is 2.04. The maximum Gasteiger partial charge on any atom is 0.418 e. The molecule has 0 aromatic heterocycles. The summed E-state index contributed by atoms with van der Waals surface area (Å²) in [5, 5.41) is 9.39. The highest BCUT2D eigenvalue weighted by Crippen LogP contribution is 2.36. The van der Waals surface area contributed by atoms with Crippen LogP contribution in [-0.2, 0) is 6.42 Å². The number of alkyl halides is 3. The molecule has 0 bridgehead atoms. The number of aliphatic hydroxyl groups is 1. The van der Waals surface area contributed by atoms with Crippen LogP contribution in [0, 0.1) is 6.92 Å². The third-order valence-corrected chi connectivity index (χ3v) is 3.25. The smallest absolute Gasteiger partial charge is 0.418 e. The Labute approximate surface area is 127 Å². The number of ether oxygens (including phenoxy) is 1. The summed E-state index contributed by atoms with van der Waals surface area (Å²) in [6.07, 6.45) is -6.67. The summed E-state index contributed by atoms with van der Waals surface area (Å²) >= 11 is 0. The Bertz CT molecular complexity index is 623. The van der Waals surface area contributed by atoms with Gasteiger partial charge < -0.3 is 9.84 Å². The van der Waals surface area contributed by atoms with Gasteiger partial charge in [-0.1, -0.05) is 48.0 Å². The fourth-order valence-corrected chi connectivity index (χ4v) is 2.16. The number of aliphatic hydroxyl groups excluding tert-OH is 1. The number of halogens is 3. The van der Waals surface area contributed by atoms with Crippen molar-refractivity contribution in [3.05, 3.63) is 65.2 Å². The van der Waals surface area contributed by atoms with Gasteiger partial charge in [0.1, 0.15) is 5.75 Å². The number of hydrogen-bond donors (Lipinski definition) is 1. The van der Waals surface area contributed by atoms with Crippen LogP contribution in [0.15, 0.2) is 48.5 Å². The van der Waals surface area contributed by atoms with Crippen LogP contribution in [0.3, 0.4) is 0 Å². The van der Waals surface area contributed by atoms with Crippen molar-refractivity contribution in [2.24, 2.45) is 0 Å². The van der Waals surface area contributed by atoms with Gasteiger partial charge in [0, 0.05) is 12.0 Å². The number of aryl methyl sites for hydroxylation is 1. The fourth-order valence-electron chi connectivity index (χ4n) is 2.16. The summed E-state index contributed by atoms with van der Waals surface area (Å²) in [5.74, 6) is 0.0555. The van der Waals surface area contributed by atoms with Gasteiger partial charge in [-0.3, -0.25) is 0 Å². The number of hydrogen-bond acceptors (Lipinski definition) is 2. The molecule has 0 spiro atoms. The first-order chi connectivity index (χ1) is 10.4. The van der Waals surface area contributed by atoms with E-state index in [1.807, 2.05) is 31.2 Å². The molecule has 2 rings (SSSR count). The Morgan fingerprint density at radius 3 is 2.50 bits per heavy atom. The van der Waals surface area contributed by atoms with Crippen molar-refractivity contribution in [3.63, 3.8) is 0 Å². The van der Waals surface area contributed by atoms with Crippen LogP contribution in [0.2, 0.25) is 0 Å². The van der Waals surface area contributed by atoms with Gasteiger partial charge in [0.2, 0.25) is 0 Å². The van der Waals surface area contributed by atoms with Crippen molar-refractivity contribution in [1.82, 2.24) is 0 Å². The molecule has 22 heavy (non-hydrogen) atoms. The van der Waals surface area contributed by atoms with E-state index < -0.39 is 12.3 Å². The molecule has 0 saturated heterocycles. The van der Waals surface area contributed by atoms with E-state index in [9.17, 15) is 18.3 Å². The predicted octanol–water partition coefficient (Wildman–Crippen LogP) is 4.21. The van der Waals surface area contributed by atoms with Crippen LogP contribution in [0.5, 0.6) is 5.75 Å². The molecule has 0 heterocycles. The monoisotopic (exact) mass is 310 g/mol. The Hall–Kier alpha value is -2.01. The van der Waals surface area contributed by atoms with Gasteiger partial charge >= 0.3 is 6.18 Å².